The Morgan fingerprint density at radius 2 is 1.52 bits per heavy atom. The van der Waals surface area contributed by atoms with Crippen molar-refractivity contribution < 1.29 is 38.8 Å². The van der Waals surface area contributed by atoms with Crippen molar-refractivity contribution in [3.8, 4) is 43.9 Å². The minimum Gasteiger partial charge on any atom is -0.508 e. The van der Waals surface area contributed by atoms with E-state index in [1.807, 2.05) is 112 Å². The maximum absolute atomic E-state index is 14.0. The molecular formula is C52H59ClN6O8S2. The lowest BCUT2D eigenvalue weighted by Crippen LogP contribution is -2.58. The summed E-state index contributed by atoms with van der Waals surface area (Å²) in [7, 11) is 0. The number of halogens is 1. The largest absolute Gasteiger partial charge is 0.508 e. The molecule has 2 fully saturated rings. The van der Waals surface area contributed by atoms with Crippen molar-refractivity contribution in [3.05, 3.63) is 113 Å². The number of aromatic nitrogens is 1. The van der Waals surface area contributed by atoms with Crippen LogP contribution in [0.4, 0.5) is 0 Å². The van der Waals surface area contributed by atoms with Crippen molar-refractivity contribution in [3.63, 3.8) is 0 Å². The van der Waals surface area contributed by atoms with E-state index in [1.54, 1.807) is 34.8 Å². The van der Waals surface area contributed by atoms with E-state index in [4.69, 9.17) is 25.8 Å². The fourth-order valence-electron chi connectivity index (χ4n) is 8.55. The maximum atomic E-state index is 14.0. The van der Waals surface area contributed by atoms with Crippen molar-refractivity contribution in [2.24, 2.45) is 5.41 Å². The van der Waals surface area contributed by atoms with Crippen molar-refractivity contribution in [1.82, 2.24) is 30.3 Å². The van der Waals surface area contributed by atoms with Crippen molar-refractivity contribution in [1.29, 1.82) is 0 Å². The molecule has 0 radical (unpaired) electrons. The first-order chi connectivity index (χ1) is 33.2. The van der Waals surface area contributed by atoms with Gasteiger partial charge in [-0.25, -0.2) is 4.98 Å². The van der Waals surface area contributed by atoms with Crippen LogP contribution in [0.5, 0.6) is 23.0 Å². The molecule has 0 spiro atoms. The average molecular weight is 996 g/mol. The molecule has 1 unspecified atom stereocenters. The van der Waals surface area contributed by atoms with Crippen LogP contribution in [0.25, 0.3) is 31.0 Å². The van der Waals surface area contributed by atoms with E-state index in [1.165, 1.54) is 4.90 Å². The van der Waals surface area contributed by atoms with Gasteiger partial charge in [-0.05, 0) is 83.6 Å². The number of aliphatic hydroxyl groups excluding tert-OH is 1. The molecule has 4 aromatic carbocycles. The predicted octanol–water partition coefficient (Wildman–Crippen LogP) is 7.97. The lowest BCUT2D eigenvalue weighted by Gasteiger charge is -2.35. The van der Waals surface area contributed by atoms with E-state index in [0.717, 1.165) is 86.4 Å². The number of phenolic OH excluding ortho intramolecular Hbond substituents is 1. The minimum absolute atomic E-state index is 0.000169. The van der Waals surface area contributed by atoms with E-state index >= 15 is 0 Å². The molecule has 17 heteroatoms. The maximum Gasteiger partial charge on any atom is 0.246 e. The number of likely N-dealkylation sites (tertiary alicyclic amines) is 1. The molecule has 3 amide bonds. The number of ether oxygens (including phenoxy) is 3. The monoisotopic (exact) mass is 994 g/mol. The van der Waals surface area contributed by atoms with Crippen LogP contribution in [0, 0.1) is 12.3 Å². The second kappa shape index (κ2) is 22.4. The Balaban J connectivity index is 0.734. The van der Waals surface area contributed by atoms with Gasteiger partial charge in [0.1, 0.15) is 42.5 Å². The molecule has 4 heterocycles. The Labute approximate surface area is 415 Å². The molecule has 14 nitrogen and oxygen atoms in total. The molecule has 2 aliphatic rings. The number of amides is 3. The van der Waals surface area contributed by atoms with E-state index in [-0.39, 0.29) is 37.8 Å². The molecule has 0 aliphatic carbocycles. The normalized spacial score (nSPS) is 17.2. The number of aliphatic hydroxyl groups is 1. The minimum atomic E-state index is -0.938. The SMILES string of the molecule is Cc1ncsc1-c1ccc(CNC(=O)[C@@H]2C[C@@H](O)CN2C(=O)C(NC(=O)COCCN2CCN(CCOc3ccc(Oc4c(-c5ccc(Cl)cc5)sc5cc(O)ccc45)cc3)CC2)C(C)(C)C)cc1. The molecule has 0 saturated carbocycles. The standard InChI is InChI=1S/C52H59ClN6O8S2/c1-33-47(68-32-55-33)35-7-5-34(6-8-35)29-54-50(63)43-27-39(61)30-59(43)51(64)49(52(2,3)4)56-45(62)31-65-25-23-57-19-21-58(22-20-57)24-26-66-40-14-16-41(17-15-40)67-46-42-18-13-38(60)28-44(42)69-48(46)36-9-11-37(53)12-10-36/h5-18,28,32,39,43,49,60-61H,19-27,29-31H2,1-4H3,(H,54,63)(H,56,62)/t39-,43+,49?/m1/s1. The highest BCUT2D eigenvalue weighted by atomic mass is 35.5. The Bertz CT molecular complexity index is 2700. The predicted molar refractivity (Wildman–Crippen MR) is 271 cm³/mol. The third-order valence-corrected chi connectivity index (χ3v) is 14.8. The van der Waals surface area contributed by atoms with Gasteiger partial charge in [0.15, 0.2) is 5.75 Å². The van der Waals surface area contributed by atoms with E-state index < -0.39 is 35.4 Å². The molecule has 2 aromatic heterocycles. The first-order valence-electron chi connectivity index (χ1n) is 23.2. The number of fused-ring (bicyclic) bond motifs is 1. The summed E-state index contributed by atoms with van der Waals surface area (Å²) < 4.78 is 19.3. The number of rotatable bonds is 18. The second-order valence-corrected chi connectivity index (χ2v) is 20.9. The smallest absolute Gasteiger partial charge is 0.246 e. The molecule has 2 saturated heterocycles. The number of benzene rings is 4. The highest BCUT2D eigenvalue weighted by Gasteiger charge is 2.44. The Morgan fingerprint density at radius 1 is 0.870 bits per heavy atom. The Kier molecular flexibility index (Phi) is 16.2. The number of aryl methyl sites for hydroxylation is 1. The summed E-state index contributed by atoms with van der Waals surface area (Å²) in [5.74, 6) is 1.14. The van der Waals surface area contributed by atoms with Crippen LogP contribution in [0.3, 0.4) is 0 Å². The van der Waals surface area contributed by atoms with Gasteiger partial charge in [-0.1, -0.05) is 68.8 Å². The average Bonchev–Trinajstić information content (AvgIpc) is 4.05. The van der Waals surface area contributed by atoms with Crippen molar-refractivity contribution >= 4 is 62.1 Å². The Morgan fingerprint density at radius 3 is 2.19 bits per heavy atom. The third kappa shape index (κ3) is 12.8. The third-order valence-electron chi connectivity index (χ3n) is 12.4. The van der Waals surface area contributed by atoms with Gasteiger partial charge in [-0.2, -0.15) is 0 Å². The van der Waals surface area contributed by atoms with Crippen LogP contribution in [0.15, 0.2) is 96.5 Å². The van der Waals surface area contributed by atoms with E-state index in [0.29, 0.717) is 30.5 Å². The van der Waals surface area contributed by atoms with Gasteiger partial charge >= 0.3 is 0 Å². The van der Waals surface area contributed by atoms with Gasteiger partial charge in [0.2, 0.25) is 17.7 Å². The zero-order chi connectivity index (χ0) is 48.7. The fourth-order valence-corrected chi connectivity index (χ4v) is 10.7. The first kappa shape index (κ1) is 49.8. The number of nitrogens with zero attached hydrogens (tertiary/aromatic N) is 4. The number of thiophene rings is 1. The number of β-amino-alcohol motifs (C(OH)–C–C–N with tert-alkyl or cyclic N) is 1. The van der Waals surface area contributed by atoms with Crippen molar-refractivity contribution in [2.75, 3.05) is 65.6 Å². The Hall–Kier alpha value is -5.59. The van der Waals surface area contributed by atoms with E-state index in [2.05, 4.69) is 25.4 Å². The number of phenols is 1. The zero-order valence-electron chi connectivity index (χ0n) is 39.3. The van der Waals surface area contributed by atoms with Crippen LogP contribution in [-0.4, -0.2) is 131 Å². The van der Waals surface area contributed by atoms with Gasteiger partial charge < -0.3 is 40.0 Å². The highest BCUT2D eigenvalue weighted by Crippen LogP contribution is 2.47. The van der Waals surface area contributed by atoms with Gasteiger partial charge in [0.05, 0.1) is 33.7 Å². The van der Waals surface area contributed by atoms with Crippen LogP contribution >= 0.6 is 34.3 Å². The van der Waals surface area contributed by atoms with E-state index in [9.17, 15) is 24.6 Å². The highest BCUT2D eigenvalue weighted by molar-refractivity contribution is 7.22. The number of aromatic hydroxyl groups is 1. The number of thiazole rings is 1. The van der Waals surface area contributed by atoms with Crippen LogP contribution in [0.1, 0.15) is 38.4 Å². The van der Waals surface area contributed by atoms with Crippen molar-refractivity contribution in [2.45, 2.75) is 58.8 Å². The summed E-state index contributed by atoms with van der Waals surface area (Å²) in [5, 5.41) is 28.1. The van der Waals surface area contributed by atoms with Gasteiger partial charge in [0, 0.05) is 73.9 Å². The van der Waals surface area contributed by atoms with Gasteiger partial charge in [0.25, 0.3) is 0 Å². The number of carbonyl (C=O) groups is 3. The summed E-state index contributed by atoms with van der Waals surface area (Å²) in [6.07, 6.45) is -0.748. The molecule has 4 N–H and O–H groups in total. The summed E-state index contributed by atoms with van der Waals surface area (Å²) in [6, 6.07) is 26.6. The number of carbonyl (C=O) groups excluding carboxylic acids is 3. The molecule has 3 atom stereocenters. The zero-order valence-corrected chi connectivity index (χ0v) is 41.7. The lowest BCUT2D eigenvalue weighted by atomic mass is 9.85. The second-order valence-electron chi connectivity index (χ2n) is 18.5. The first-order valence-corrected chi connectivity index (χ1v) is 25.3. The fraction of sp³-hybridized carbons (Fsp3) is 0.385. The van der Waals surface area contributed by atoms with Crippen LogP contribution in [0.2, 0.25) is 5.02 Å². The summed E-state index contributed by atoms with van der Waals surface area (Å²) in [6.45, 7) is 13.4. The molecule has 0 bridgehead atoms. The molecular weight excluding hydrogens is 936 g/mol. The molecule has 2 aliphatic heterocycles. The summed E-state index contributed by atoms with van der Waals surface area (Å²) in [4.78, 5) is 53.1. The number of nitrogens with one attached hydrogen (secondary N) is 2. The number of hydrogen-bond acceptors (Lipinski definition) is 13. The lowest BCUT2D eigenvalue weighted by molar-refractivity contribution is -0.144. The molecule has 364 valence electrons. The summed E-state index contributed by atoms with van der Waals surface area (Å²) >= 11 is 9.29. The van der Waals surface area contributed by atoms with Crippen LogP contribution < -0.4 is 20.1 Å². The molecule has 69 heavy (non-hydrogen) atoms. The number of hydrogen-bond donors (Lipinski definition) is 4. The van der Waals surface area contributed by atoms with Gasteiger partial charge in [-0.15, -0.1) is 22.7 Å². The van der Waals surface area contributed by atoms with Crippen LogP contribution in [-0.2, 0) is 25.7 Å². The molecule has 6 aromatic rings. The summed E-state index contributed by atoms with van der Waals surface area (Å²) in [5.41, 5.74) is 5.04. The quantitative estimate of drug-likeness (QED) is 0.0618. The van der Waals surface area contributed by atoms with Gasteiger partial charge in [-0.3, -0.25) is 24.2 Å². The molecule has 8 rings (SSSR count). The topological polar surface area (TPSA) is 166 Å². The number of piperazine rings is 1.